The molecule has 2 aromatic rings. The van der Waals surface area contributed by atoms with E-state index in [9.17, 15) is 13.9 Å². The van der Waals surface area contributed by atoms with E-state index in [4.69, 9.17) is 4.74 Å². The van der Waals surface area contributed by atoms with Gasteiger partial charge in [0.2, 0.25) is 0 Å². The minimum absolute atomic E-state index is 0.0416. The van der Waals surface area contributed by atoms with Gasteiger partial charge >= 0.3 is 6.61 Å². The minimum atomic E-state index is -2.87. The van der Waals surface area contributed by atoms with Crippen molar-refractivity contribution in [3.05, 3.63) is 48.5 Å². The lowest BCUT2D eigenvalue weighted by atomic mass is 9.73. The van der Waals surface area contributed by atoms with Gasteiger partial charge in [-0.05, 0) is 29.7 Å². The third-order valence-electron chi connectivity index (χ3n) is 3.78. The normalized spacial score (nSPS) is 14.3. The number of nitrogens with zero attached hydrogens (tertiary/aromatic N) is 2. The number of ether oxygens (including phenoxy) is 2. The molecule has 0 bridgehead atoms. The van der Waals surface area contributed by atoms with E-state index >= 15 is 0 Å². The predicted molar refractivity (Wildman–Crippen MR) is 84.0 cm³/mol. The molecule has 0 saturated heterocycles. The number of hydrogen-bond donors (Lipinski definition) is 1. The highest BCUT2D eigenvalue weighted by Crippen LogP contribution is 2.39. The number of aromatic nitrogens is 2. The number of rotatable bonds is 6. The summed E-state index contributed by atoms with van der Waals surface area (Å²) in [7, 11) is 0. The van der Waals surface area contributed by atoms with Gasteiger partial charge in [-0.3, -0.25) is 0 Å². The van der Waals surface area contributed by atoms with Crippen molar-refractivity contribution in [3.8, 4) is 11.5 Å². The molecule has 7 heteroatoms. The second-order valence-electron chi connectivity index (χ2n) is 6.38. The highest BCUT2D eigenvalue weighted by atomic mass is 19.3. The van der Waals surface area contributed by atoms with Gasteiger partial charge < -0.3 is 14.6 Å². The molecule has 0 radical (unpaired) electrons. The maximum Gasteiger partial charge on any atom is 0.387 e. The smallest absolute Gasteiger partial charge is 0.387 e. The Kier molecular flexibility index (Phi) is 5.33. The molecule has 0 spiro atoms. The third kappa shape index (κ3) is 4.17. The molecule has 0 fully saturated rings. The summed E-state index contributed by atoms with van der Waals surface area (Å²) in [6.07, 6.45) is 4.47. The summed E-state index contributed by atoms with van der Waals surface area (Å²) in [6.45, 7) is 2.72. The summed E-state index contributed by atoms with van der Waals surface area (Å²) in [6, 6.07) is 5.76. The Morgan fingerprint density at radius 3 is 2.08 bits per heavy atom. The fourth-order valence-electron chi connectivity index (χ4n) is 2.15. The quantitative estimate of drug-likeness (QED) is 0.875. The van der Waals surface area contributed by atoms with Gasteiger partial charge in [0.15, 0.2) is 0 Å². The third-order valence-corrected chi connectivity index (χ3v) is 3.78. The Morgan fingerprint density at radius 2 is 1.58 bits per heavy atom. The average Bonchev–Trinajstić information content (AvgIpc) is 2.53. The molecular weight excluding hydrogens is 318 g/mol. The van der Waals surface area contributed by atoms with Crippen LogP contribution in [-0.4, -0.2) is 28.3 Å². The lowest BCUT2D eigenvalue weighted by Crippen LogP contribution is -2.45. The molecule has 0 aliphatic carbocycles. The van der Waals surface area contributed by atoms with Gasteiger partial charge in [-0.25, -0.2) is 9.97 Å². The van der Waals surface area contributed by atoms with E-state index in [1.54, 1.807) is 12.4 Å². The van der Waals surface area contributed by atoms with E-state index in [-0.39, 0.29) is 12.4 Å². The molecule has 1 heterocycles. The van der Waals surface area contributed by atoms with Gasteiger partial charge in [-0.2, -0.15) is 8.78 Å². The van der Waals surface area contributed by atoms with Gasteiger partial charge in [-0.1, -0.05) is 20.8 Å². The zero-order valence-electron chi connectivity index (χ0n) is 13.7. The van der Waals surface area contributed by atoms with Crippen LogP contribution in [0.4, 0.5) is 8.78 Å². The highest BCUT2D eigenvalue weighted by Gasteiger charge is 2.43. The van der Waals surface area contributed by atoms with Gasteiger partial charge in [-0.15, -0.1) is 0 Å². The van der Waals surface area contributed by atoms with Crippen molar-refractivity contribution in [2.24, 2.45) is 5.41 Å². The van der Waals surface area contributed by atoms with E-state index in [1.165, 1.54) is 30.6 Å². The van der Waals surface area contributed by atoms with Crippen LogP contribution in [-0.2, 0) is 5.60 Å². The summed E-state index contributed by atoms with van der Waals surface area (Å²) in [5, 5.41) is 11.1. The first-order chi connectivity index (χ1) is 11.2. The summed E-state index contributed by atoms with van der Waals surface area (Å²) in [5.41, 5.74) is -1.33. The number of aliphatic hydroxyl groups is 1. The molecule has 24 heavy (non-hydrogen) atoms. The lowest BCUT2D eigenvalue weighted by molar-refractivity contribution is -0.0949. The van der Waals surface area contributed by atoms with Crippen molar-refractivity contribution in [2.75, 3.05) is 6.61 Å². The van der Waals surface area contributed by atoms with Crippen LogP contribution in [0, 0.1) is 5.41 Å². The van der Waals surface area contributed by atoms with Crippen LogP contribution in [0.2, 0.25) is 0 Å². The first-order valence-electron chi connectivity index (χ1n) is 7.38. The molecule has 0 aliphatic rings. The zero-order chi connectivity index (χ0) is 17.8. The van der Waals surface area contributed by atoms with Crippen molar-refractivity contribution in [1.29, 1.82) is 0 Å². The lowest BCUT2D eigenvalue weighted by Gasteiger charge is -2.39. The Bertz CT molecular complexity index is 645. The number of benzene rings is 1. The topological polar surface area (TPSA) is 64.5 Å². The Balaban J connectivity index is 2.14. The van der Waals surface area contributed by atoms with Crippen LogP contribution in [0.3, 0.4) is 0 Å². The Hall–Kier alpha value is -2.28. The molecule has 5 nitrogen and oxygen atoms in total. The Labute approximate surface area is 139 Å². The molecule has 1 atom stereocenters. The summed E-state index contributed by atoms with van der Waals surface area (Å²) < 4.78 is 34.2. The van der Waals surface area contributed by atoms with Gasteiger partial charge in [0.05, 0.1) is 0 Å². The first kappa shape index (κ1) is 18.1. The standard InChI is InChI=1S/C17H20F2N2O3/c1-16(2,3)17(22,12-8-20-11-21-9-12)10-23-13-4-6-14(7-5-13)24-15(18)19/h4-9,11,15,22H,10H2,1-3H3. The SMILES string of the molecule is CC(C)(C)C(O)(COc1ccc(OC(F)F)cc1)c1cncnc1. The maximum atomic E-state index is 12.1. The monoisotopic (exact) mass is 338 g/mol. The van der Waals surface area contributed by atoms with Gasteiger partial charge in [0.25, 0.3) is 0 Å². The van der Waals surface area contributed by atoms with Crippen LogP contribution >= 0.6 is 0 Å². The largest absolute Gasteiger partial charge is 0.490 e. The fraction of sp³-hybridized carbons (Fsp3) is 0.412. The van der Waals surface area contributed by atoms with E-state index in [0.29, 0.717) is 11.3 Å². The van der Waals surface area contributed by atoms with Crippen molar-refractivity contribution in [1.82, 2.24) is 9.97 Å². The van der Waals surface area contributed by atoms with Gasteiger partial charge in [0.1, 0.15) is 30.0 Å². The second-order valence-corrected chi connectivity index (χ2v) is 6.38. The van der Waals surface area contributed by atoms with E-state index in [1.807, 2.05) is 20.8 Å². The van der Waals surface area contributed by atoms with Crippen LogP contribution in [0.25, 0.3) is 0 Å². The molecule has 1 aromatic heterocycles. The molecular formula is C17H20F2N2O3. The minimum Gasteiger partial charge on any atom is -0.490 e. The second kappa shape index (κ2) is 7.09. The summed E-state index contributed by atoms with van der Waals surface area (Å²) in [4.78, 5) is 7.89. The molecule has 130 valence electrons. The zero-order valence-corrected chi connectivity index (χ0v) is 13.7. The summed E-state index contributed by atoms with van der Waals surface area (Å²) in [5.74, 6) is 0.469. The van der Waals surface area contributed by atoms with Crippen molar-refractivity contribution >= 4 is 0 Å². The molecule has 0 amide bonds. The van der Waals surface area contributed by atoms with Crippen molar-refractivity contribution in [3.63, 3.8) is 0 Å². The van der Waals surface area contributed by atoms with Crippen LogP contribution in [0.15, 0.2) is 43.0 Å². The highest BCUT2D eigenvalue weighted by molar-refractivity contribution is 5.31. The van der Waals surface area contributed by atoms with Crippen molar-refractivity contribution < 1.29 is 23.4 Å². The number of hydrogen-bond acceptors (Lipinski definition) is 5. The molecule has 2 rings (SSSR count). The first-order valence-corrected chi connectivity index (χ1v) is 7.38. The van der Waals surface area contributed by atoms with E-state index in [2.05, 4.69) is 14.7 Å². The van der Waals surface area contributed by atoms with Crippen LogP contribution in [0.1, 0.15) is 26.3 Å². The molecule has 1 aromatic carbocycles. The average molecular weight is 338 g/mol. The van der Waals surface area contributed by atoms with E-state index in [0.717, 1.165) is 0 Å². The number of alkyl halides is 2. The fourth-order valence-corrected chi connectivity index (χ4v) is 2.15. The molecule has 0 saturated carbocycles. The predicted octanol–water partition coefficient (Wildman–Crippen LogP) is 3.39. The van der Waals surface area contributed by atoms with Gasteiger partial charge in [0, 0.05) is 18.0 Å². The molecule has 0 aliphatic heterocycles. The van der Waals surface area contributed by atoms with E-state index < -0.39 is 17.6 Å². The number of halogens is 2. The van der Waals surface area contributed by atoms with Crippen molar-refractivity contribution in [2.45, 2.75) is 33.0 Å². The van der Waals surface area contributed by atoms with Crippen LogP contribution in [0.5, 0.6) is 11.5 Å². The molecule has 1 N–H and O–H groups in total. The maximum absolute atomic E-state index is 12.1. The summed E-state index contributed by atoms with van der Waals surface area (Å²) >= 11 is 0. The molecule has 1 unspecified atom stereocenters. The van der Waals surface area contributed by atoms with Crippen LogP contribution < -0.4 is 9.47 Å². The Morgan fingerprint density at radius 1 is 1.04 bits per heavy atom.